The van der Waals surface area contributed by atoms with Gasteiger partial charge in [0, 0.05) is 0 Å². The molecule has 86 valence electrons. The number of aliphatic hydroxyl groups excluding tert-OH is 1. The van der Waals surface area contributed by atoms with Gasteiger partial charge in [-0.25, -0.2) is 4.39 Å². The van der Waals surface area contributed by atoms with Gasteiger partial charge in [0.25, 0.3) is 0 Å². The van der Waals surface area contributed by atoms with E-state index >= 15 is 0 Å². The van der Waals surface area contributed by atoms with Crippen molar-refractivity contribution in [3.8, 4) is 0 Å². The molecule has 0 amide bonds. The summed E-state index contributed by atoms with van der Waals surface area (Å²) < 4.78 is 13.2. The number of allylic oxidation sites excluding steroid dienone is 1. The van der Waals surface area contributed by atoms with Crippen LogP contribution in [-0.2, 0) is 0 Å². The lowest BCUT2D eigenvalue weighted by atomic mass is 9.92. The van der Waals surface area contributed by atoms with Crippen LogP contribution in [0.15, 0.2) is 29.8 Å². The first kappa shape index (κ1) is 11.6. The molecule has 0 aliphatic heterocycles. The van der Waals surface area contributed by atoms with E-state index in [1.165, 1.54) is 18.6 Å². The topological polar surface area (TPSA) is 20.2 Å². The second kappa shape index (κ2) is 4.98. The first-order valence-electron chi connectivity index (χ1n) is 5.50. The fourth-order valence-electron chi connectivity index (χ4n) is 2.01. The van der Waals surface area contributed by atoms with Crippen LogP contribution in [0, 0.1) is 5.82 Å². The van der Waals surface area contributed by atoms with Crippen molar-refractivity contribution < 1.29 is 9.50 Å². The number of hydrogen-bond acceptors (Lipinski definition) is 1. The van der Waals surface area contributed by atoms with Crippen LogP contribution in [0.1, 0.15) is 37.4 Å². The number of hydrogen-bond donors (Lipinski definition) is 1. The van der Waals surface area contributed by atoms with Crippen LogP contribution in [0.2, 0.25) is 5.02 Å². The minimum atomic E-state index is -0.688. The molecule has 0 saturated heterocycles. The molecule has 1 aliphatic carbocycles. The van der Waals surface area contributed by atoms with Gasteiger partial charge in [-0.2, -0.15) is 0 Å². The molecule has 0 bridgehead atoms. The molecule has 0 heterocycles. The molecule has 1 aliphatic rings. The van der Waals surface area contributed by atoms with Gasteiger partial charge in [-0.05, 0) is 49.0 Å². The Kier molecular flexibility index (Phi) is 3.62. The number of rotatable bonds is 2. The van der Waals surface area contributed by atoms with Gasteiger partial charge in [-0.1, -0.05) is 23.7 Å². The second-order valence-electron chi connectivity index (χ2n) is 4.10. The highest BCUT2D eigenvalue weighted by Crippen LogP contribution is 2.30. The Morgan fingerprint density at radius 2 is 2.12 bits per heavy atom. The highest BCUT2D eigenvalue weighted by Gasteiger charge is 2.16. The summed E-state index contributed by atoms with van der Waals surface area (Å²) in [5.41, 5.74) is 1.57. The lowest BCUT2D eigenvalue weighted by Gasteiger charge is -2.19. The van der Waals surface area contributed by atoms with Gasteiger partial charge in [-0.3, -0.25) is 0 Å². The summed E-state index contributed by atoms with van der Waals surface area (Å²) in [5, 5.41) is 10.2. The largest absolute Gasteiger partial charge is 0.384 e. The summed E-state index contributed by atoms with van der Waals surface area (Å²) >= 11 is 5.60. The predicted molar refractivity (Wildman–Crippen MR) is 62.9 cm³/mol. The fourth-order valence-corrected chi connectivity index (χ4v) is 2.13. The molecular formula is C13H14ClFO. The van der Waals surface area contributed by atoms with E-state index in [1.54, 1.807) is 6.07 Å². The SMILES string of the molecule is OC(C1=CCCCC1)c1ccc(Cl)c(F)c1. The Hall–Kier alpha value is -0.860. The average molecular weight is 241 g/mol. The minimum Gasteiger partial charge on any atom is -0.384 e. The third-order valence-corrected chi connectivity index (χ3v) is 3.24. The van der Waals surface area contributed by atoms with E-state index in [-0.39, 0.29) is 5.02 Å². The van der Waals surface area contributed by atoms with Crippen molar-refractivity contribution in [3.05, 3.63) is 46.3 Å². The quantitative estimate of drug-likeness (QED) is 0.775. The molecule has 16 heavy (non-hydrogen) atoms. The van der Waals surface area contributed by atoms with E-state index in [9.17, 15) is 9.50 Å². The molecule has 1 aromatic carbocycles. The van der Waals surface area contributed by atoms with Crippen LogP contribution >= 0.6 is 11.6 Å². The molecule has 1 aromatic rings. The summed E-state index contributed by atoms with van der Waals surface area (Å²) in [7, 11) is 0. The molecule has 3 heteroatoms. The van der Waals surface area contributed by atoms with Gasteiger partial charge in [0.05, 0.1) is 5.02 Å². The third kappa shape index (κ3) is 2.45. The molecule has 2 rings (SSSR count). The van der Waals surface area contributed by atoms with Crippen molar-refractivity contribution in [2.45, 2.75) is 31.8 Å². The van der Waals surface area contributed by atoms with Crippen LogP contribution < -0.4 is 0 Å². The van der Waals surface area contributed by atoms with E-state index in [0.29, 0.717) is 5.56 Å². The highest BCUT2D eigenvalue weighted by atomic mass is 35.5. The maximum Gasteiger partial charge on any atom is 0.142 e. The smallest absolute Gasteiger partial charge is 0.142 e. The molecular weight excluding hydrogens is 227 g/mol. The third-order valence-electron chi connectivity index (χ3n) is 2.94. The van der Waals surface area contributed by atoms with Crippen molar-refractivity contribution in [2.75, 3.05) is 0 Å². The zero-order valence-electron chi connectivity index (χ0n) is 8.92. The Bertz CT molecular complexity index is 414. The first-order valence-corrected chi connectivity index (χ1v) is 5.88. The zero-order valence-corrected chi connectivity index (χ0v) is 9.67. The molecule has 1 nitrogen and oxygen atoms in total. The number of aliphatic hydroxyl groups is 1. The predicted octanol–water partition coefficient (Wildman–Crippen LogP) is 4.01. The van der Waals surface area contributed by atoms with Gasteiger partial charge in [0.1, 0.15) is 11.9 Å². The van der Waals surface area contributed by atoms with Gasteiger partial charge >= 0.3 is 0 Å². The van der Waals surface area contributed by atoms with Gasteiger partial charge in [-0.15, -0.1) is 0 Å². The van der Waals surface area contributed by atoms with Gasteiger partial charge < -0.3 is 5.11 Å². The maximum atomic E-state index is 13.2. The van der Waals surface area contributed by atoms with Gasteiger partial charge in [0.2, 0.25) is 0 Å². The molecule has 1 N–H and O–H groups in total. The second-order valence-corrected chi connectivity index (χ2v) is 4.51. The maximum absolute atomic E-state index is 13.2. The summed E-state index contributed by atoms with van der Waals surface area (Å²) in [5.74, 6) is -0.477. The Morgan fingerprint density at radius 3 is 2.75 bits per heavy atom. The lowest BCUT2D eigenvalue weighted by Crippen LogP contribution is -2.05. The minimum absolute atomic E-state index is 0.0913. The normalized spacial score (nSPS) is 18.1. The fraction of sp³-hybridized carbons (Fsp3) is 0.385. The van der Waals surface area contributed by atoms with Crippen molar-refractivity contribution >= 4 is 11.6 Å². The van der Waals surface area contributed by atoms with Crippen LogP contribution in [0.3, 0.4) is 0 Å². The van der Waals surface area contributed by atoms with Crippen LogP contribution in [0.25, 0.3) is 0 Å². The van der Waals surface area contributed by atoms with Crippen LogP contribution in [-0.4, -0.2) is 5.11 Å². The van der Waals surface area contributed by atoms with E-state index in [0.717, 1.165) is 24.8 Å². The summed E-state index contributed by atoms with van der Waals surface area (Å²) in [6.45, 7) is 0. The Morgan fingerprint density at radius 1 is 1.31 bits per heavy atom. The number of benzene rings is 1. The summed E-state index contributed by atoms with van der Waals surface area (Å²) in [6.07, 6.45) is 5.53. The van der Waals surface area contributed by atoms with E-state index in [1.807, 2.05) is 0 Å². The monoisotopic (exact) mass is 240 g/mol. The standard InChI is InChI=1S/C13H14ClFO/c14-11-7-6-10(8-12(11)15)13(16)9-4-2-1-3-5-9/h4,6-8,13,16H,1-3,5H2. The van der Waals surface area contributed by atoms with E-state index in [2.05, 4.69) is 6.08 Å². The van der Waals surface area contributed by atoms with E-state index < -0.39 is 11.9 Å². The van der Waals surface area contributed by atoms with Crippen LogP contribution in [0.5, 0.6) is 0 Å². The Labute approximate surface area is 99.6 Å². The molecule has 0 aromatic heterocycles. The molecule has 1 unspecified atom stereocenters. The molecule has 0 saturated carbocycles. The van der Waals surface area contributed by atoms with Crippen LogP contribution in [0.4, 0.5) is 4.39 Å². The molecule has 1 atom stereocenters. The zero-order chi connectivity index (χ0) is 11.5. The van der Waals surface area contributed by atoms with Crippen molar-refractivity contribution in [1.29, 1.82) is 0 Å². The summed E-state index contributed by atoms with van der Waals surface area (Å²) in [4.78, 5) is 0. The molecule has 0 radical (unpaired) electrons. The summed E-state index contributed by atoms with van der Waals surface area (Å²) in [6, 6.07) is 4.47. The Balaban J connectivity index is 2.22. The highest BCUT2D eigenvalue weighted by molar-refractivity contribution is 6.30. The lowest BCUT2D eigenvalue weighted by molar-refractivity contribution is 0.208. The van der Waals surface area contributed by atoms with E-state index in [4.69, 9.17) is 11.6 Å². The number of halogens is 2. The van der Waals surface area contributed by atoms with Crippen molar-refractivity contribution in [3.63, 3.8) is 0 Å². The van der Waals surface area contributed by atoms with Crippen molar-refractivity contribution in [1.82, 2.24) is 0 Å². The first-order chi connectivity index (χ1) is 7.68. The molecule has 0 fully saturated rings. The van der Waals surface area contributed by atoms with Gasteiger partial charge in [0.15, 0.2) is 0 Å². The average Bonchev–Trinajstić information content (AvgIpc) is 2.33. The van der Waals surface area contributed by atoms with Crippen molar-refractivity contribution in [2.24, 2.45) is 0 Å². The molecule has 0 spiro atoms.